The summed E-state index contributed by atoms with van der Waals surface area (Å²) in [5, 5.41) is 3.41. The Bertz CT molecular complexity index is 482. The van der Waals surface area contributed by atoms with Gasteiger partial charge >= 0.3 is 0 Å². The molecule has 1 fully saturated rings. The van der Waals surface area contributed by atoms with Crippen LogP contribution in [0, 0.1) is 0 Å². The molecule has 1 N–H and O–H groups in total. The molecule has 0 spiro atoms. The van der Waals surface area contributed by atoms with E-state index in [1.807, 2.05) is 27.7 Å². The molecule has 148 valence electrons. The van der Waals surface area contributed by atoms with E-state index in [-0.39, 0.29) is 0 Å². The van der Waals surface area contributed by atoms with Crippen LogP contribution in [0.1, 0.15) is 65.9 Å². The number of hydrogen-bond acceptors (Lipinski definition) is 2. The number of nitrogens with one attached hydrogen (secondary N) is 1. The summed E-state index contributed by atoms with van der Waals surface area (Å²) in [5.41, 5.74) is 2.84. The van der Waals surface area contributed by atoms with Crippen molar-refractivity contribution >= 4 is 0 Å². The lowest BCUT2D eigenvalue weighted by molar-refractivity contribution is 0.196. The average molecular weight is 359 g/mol. The summed E-state index contributed by atoms with van der Waals surface area (Å²) in [6.45, 7) is 15.8. The fourth-order valence-electron chi connectivity index (χ4n) is 3.36. The molecule has 1 heterocycles. The van der Waals surface area contributed by atoms with E-state index in [0.29, 0.717) is 12.0 Å². The van der Waals surface area contributed by atoms with Crippen molar-refractivity contribution in [1.82, 2.24) is 10.2 Å². The van der Waals surface area contributed by atoms with Crippen LogP contribution in [-0.2, 0) is 0 Å². The van der Waals surface area contributed by atoms with Gasteiger partial charge in [-0.25, -0.2) is 0 Å². The second kappa shape index (κ2) is 15.8. The number of hydrogen-bond donors (Lipinski definition) is 1. The predicted molar refractivity (Wildman–Crippen MR) is 119 cm³/mol. The fraction of sp³-hybridized carbons (Fsp3) is 0.583. The van der Waals surface area contributed by atoms with Gasteiger partial charge in [0.05, 0.1) is 0 Å². The molecule has 2 heteroatoms. The van der Waals surface area contributed by atoms with Crippen LogP contribution in [0.25, 0.3) is 0 Å². The molecule has 2 nitrogen and oxygen atoms in total. The predicted octanol–water partition coefficient (Wildman–Crippen LogP) is 6.03. The zero-order chi connectivity index (χ0) is 19.8. The van der Waals surface area contributed by atoms with Crippen LogP contribution in [0.15, 0.2) is 54.1 Å². The number of likely N-dealkylation sites (tertiary alicyclic amines) is 1. The van der Waals surface area contributed by atoms with Gasteiger partial charge in [-0.05, 0) is 58.0 Å². The van der Waals surface area contributed by atoms with Gasteiger partial charge in [0.2, 0.25) is 0 Å². The molecule has 1 atom stereocenters. The lowest BCUT2D eigenvalue weighted by Gasteiger charge is -2.34. The van der Waals surface area contributed by atoms with Crippen molar-refractivity contribution in [2.45, 2.75) is 66.3 Å². The average Bonchev–Trinajstić information content (AvgIpc) is 2.74. The second-order valence-corrected chi connectivity index (χ2v) is 6.12. The molecular weight excluding hydrogens is 316 g/mol. The Morgan fingerprint density at radius 1 is 1.08 bits per heavy atom. The third-order valence-corrected chi connectivity index (χ3v) is 4.73. The summed E-state index contributed by atoms with van der Waals surface area (Å²) in [6.07, 6.45) is 9.19. The first kappa shape index (κ1) is 24.6. The van der Waals surface area contributed by atoms with Gasteiger partial charge < -0.3 is 10.2 Å². The number of rotatable bonds is 6. The molecule has 26 heavy (non-hydrogen) atoms. The van der Waals surface area contributed by atoms with Crippen LogP contribution in [0.4, 0.5) is 0 Å². The number of allylic oxidation sites excluding steroid dienone is 3. The molecule has 0 aromatic heterocycles. The molecule has 0 radical (unpaired) electrons. The topological polar surface area (TPSA) is 15.3 Å². The van der Waals surface area contributed by atoms with Crippen LogP contribution in [0.2, 0.25) is 0 Å². The molecule has 0 aliphatic carbocycles. The van der Waals surface area contributed by atoms with Crippen molar-refractivity contribution in [3.63, 3.8) is 0 Å². The van der Waals surface area contributed by atoms with Crippen molar-refractivity contribution in [1.29, 1.82) is 0 Å². The molecule has 0 amide bonds. The summed E-state index contributed by atoms with van der Waals surface area (Å²) < 4.78 is 0. The summed E-state index contributed by atoms with van der Waals surface area (Å²) in [7, 11) is 2.08. The highest BCUT2D eigenvalue weighted by Crippen LogP contribution is 2.27. The molecule has 1 aromatic rings. The van der Waals surface area contributed by atoms with E-state index in [0.717, 1.165) is 6.54 Å². The molecule has 1 unspecified atom stereocenters. The Hall–Kier alpha value is -1.38. The van der Waals surface area contributed by atoms with Gasteiger partial charge in [-0.2, -0.15) is 0 Å². The SMILES string of the molecule is C/C=C\C(=C/C)C(CN1CCC(NC)CC1)c1ccccc1.CC.CC. The van der Waals surface area contributed by atoms with Crippen molar-refractivity contribution in [3.8, 4) is 0 Å². The minimum absolute atomic E-state index is 0.466. The number of nitrogens with zero attached hydrogens (tertiary/aromatic N) is 1. The highest BCUT2D eigenvalue weighted by molar-refractivity contribution is 5.35. The summed E-state index contributed by atoms with van der Waals surface area (Å²) in [4.78, 5) is 2.62. The largest absolute Gasteiger partial charge is 0.317 e. The maximum Gasteiger partial charge on any atom is 0.0213 e. The second-order valence-electron chi connectivity index (χ2n) is 6.12. The Labute approximate surface area is 163 Å². The maximum absolute atomic E-state index is 3.41. The van der Waals surface area contributed by atoms with Crippen molar-refractivity contribution in [2.24, 2.45) is 0 Å². The van der Waals surface area contributed by atoms with E-state index < -0.39 is 0 Å². The Morgan fingerprint density at radius 3 is 2.12 bits per heavy atom. The highest BCUT2D eigenvalue weighted by Gasteiger charge is 2.22. The molecule has 2 rings (SSSR count). The minimum atomic E-state index is 0.466. The molecule has 1 aliphatic rings. The van der Waals surface area contributed by atoms with Gasteiger partial charge in [0.25, 0.3) is 0 Å². The van der Waals surface area contributed by atoms with Crippen molar-refractivity contribution in [3.05, 3.63) is 59.7 Å². The van der Waals surface area contributed by atoms with Crippen LogP contribution in [0.3, 0.4) is 0 Å². The Balaban J connectivity index is 0.00000146. The van der Waals surface area contributed by atoms with E-state index in [1.165, 1.54) is 37.1 Å². The molecular formula is C24H42N2. The Kier molecular flexibility index (Phi) is 15.0. The summed E-state index contributed by atoms with van der Waals surface area (Å²) in [6, 6.07) is 11.6. The highest BCUT2D eigenvalue weighted by atomic mass is 15.1. The standard InChI is InChI=1S/C20H30N2.2C2H6/c1-4-9-17(5-2)20(18-10-7-6-8-11-18)16-22-14-12-19(21-3)13-15-22;2*1-2/h4-11,19-21H,12-16H2,1-3H3;2*1-2H3/b9-4-,17-5+;;. The quantitative estimate of drug-likeness (QED) is 0.625. The lowest BCUT2D eigenvalue weighted by atomic mass is 9.89. The molecule has 1 aromatic carbocycles. The zero-order valence-electron chi connectivity index (χ0n) is 18.3. The van der Waals surface area contributed by atoms with Crippen LogP contribution >= 0.6 is 0 Å². The zero-order valence-corrected chi connectivity index (χ0v) is 18.3. The van der Waals surface area contributed by atoms with Gasteiger partial charge in [-0.1, -0.05) is 76.3 Å². The summed E-state index contributed by atoms with van der Waals surface area (Å²) >= 11 is 0. The van der Waals surface area contributed by atoms with Gasteiger partial charge in [0.15, 0.2) is 0 Å². The Morgan fingerprint density at radius 2 is 1.65 bits per heavy atom. The lowest BCUT2D eigenvalue weighted by Crippen LogP contribution is -2.42. The molecule has 0 bridgehead atoms. The van der Waals surface area contributed by atoms with Gasteiger partial charge in [0, 0.05) is 18.5 Å². The molecule has 1 aliphatic heterocycles. The summed E-state index contributed by atoms with van der Waals surface area (Å²) in [5.74, 6) is 0.466. The van der Waals surface area contributed by atoms with E-state index in [9.17, 15) is 0 Å². The first-order chi connectivity index (χ1) is 12.8. The van der Waals surface area contributed by atoms with Gasteiger partial charge in [-0.3, -0.25) is 0 Å². The smallest absolute Gasteiger partial charge is 0.0213 e. The van der Waals surface area contributed by atoms with E-state index in [1.54, 1.807) is 0 Å². The number of benzene rings is 1. The van der Waals surface area contributed by atoms with Crippen LogP contribution in [0.5, 0.6) is 0 Å². The molecule has 1 saturated heterocycles. The van der Waals surface area contributed by atoms with Gasteiger partial charge in [-0.15, -0.1) is 0 Å². The fourth-order valence-corrected chi connectivity index (χ4v) is 3.36. The normalized spacial score (nSPS) is 17.1. The third kappa shape index (κ3) is 8.33. The first-order valence-electron chi connectivity index (χ1n) is 10.5. The van der Waals surface area contributed by atoms with Crippen molar-refractivity contribution < 1.29 is 0 Å². The third-order valence-electron chi connectivity index (χ3n) is 4.73. The van der Waals surface area contributed by atoms with Crippen LogP contribution in [-0.4, -0.2) is 37.6 Å². The minimum Gasteiger partial charge on any atom is -0.317 e. The van der Waals surface area contributed by atoms with Gasteiger partial charge in [0.1, 0.15) is 0 Å². The van der Waals surface area contributed by atoms with E-state index in [2.05, 4.69) is 79.7 Å². The van der Waals surface area contributed by atoms with E-state index in [4.69, 9.17) is 0 Å². The monoisotopic (exact) mass is 358 g/mol. The van der Waals surface area contributed by atoms with E-state index >= 15 is 0 Å². The van der Waals surface area contributed by atoms with Crippen LogP contribution < -0.4 is 5.32 Å². The number of piperidine rings is 1. The molecule has 0 saturated carbocycles. The first-order valence-corrected chi connectivity index (χ1v) is 10.5. The van der Waals surface area contributed by atoms with Crippen molar-refractivity contribution in [2.75, 3.05) is 26.7 Å². The maximum atomic E-state index is 3.41.